The average molecular weight is 233 g/mol. The molecule has 2 heterocycles. The monoisotopic (exact) mass is 233 g/mol. The minimum atomic E-state index is -0.0295. The molecule has 0 fully saturated rings. The minimum absolute atomic E-state index is 0.0295. The molecule has 0 bridgehead atoms. The van der Waals surface area contributed by atoms with E-state index in [1.54, 1.807) is 12.4 Å². The molecule has 5 heteroatoms. The van der Waals surface area contributed by atoms with Crippen LogP contribution in [0.25, 0.3) is 0 Å². The summed E-state index contributed by atoms with van der Waals surface area (Å²) in [5.74, 6) is -0.0295. The number of nitrogens with zero attached hydrogens (tertiary/aromatic N) is 2. The predicted octanol–water partition coefficient (Wildman–Crippen LogP) is 1.51. The maximum atomic E-state index is 11.6. The van der Waals surface area contributed by atoms with Crippen molar-refractivity contribution in [2.75, 3.05) is 6.54 Å². The summed E-state index contributed by atoms with van der Waals surface area (Å²) in [6.07, 6.45) is 5.75. The number of amides is 1. The van der Waals surface area contributed by atoms with E-state index in [0.717, 1.165) is 12.0 Å². The average Bonchev–Trinajstić information content (AvgIpc) is 2.84. The molecule has 0 aliphatic heterocycles. The van der Waals surface area contributed by atoms with E-state index in [0.29, 0.717) is 12.1 Å². The lowest BCUT2D eigenvalue weighted by Crippen LogP contribution is -2.25. The molecule has 0 unspecified atom stereocenters. The Kier molecular flexibility index (Phi) is 3.61. The Morgan fingerprint density at radius 1 is 1.38 bits per heavy atom. The molecule has 16 heavy (non-hydrogen) atoms. The molecule has 2 rings (SSSR count). The van der Waals surface area contributed by atoms with Gasteiger partial charge in [-0.05, 0) is 23.4 Å². The third-order valence-corrected chi connectivity index (χ3v) is 2.78. The first-order valence-corrected chi connectivity index (χ1v) is 5.85. The van der Waals surface area contributed by atoms with Crippen molar-refractivity contribution < 1.29 is 4.79 Å². The summed E-state index contributed by atoms with van der Waals surface area (Å²) < 4.78 is 0. The predicted molar refractivity (Wildman–Crippen MR) is 62.4 cm³/mol. The van der Waals surface area contributed by atoms with Crippen molar-refractivity contribution in [3.05, 3.63) is 46.7 Å². The molecule has 2 aromatic heterocycles. The van der Waals surface area contributed by atoms with E-state index >= 15 is 0 Å². The second-order valence-electron chi connectivity index (χ2n) is 3.26. The van der Waals surface area contributed by atoms with E-state index in [2.05, 4.69) is 15.3 Å². The number of carbonyl (C=O) groups is 1. The maximum Gasteiger partial charge on any atom is 0.252 e. The van der Waals surface area contributed by atoms with Gasteiger partial charge in [0.2, 0.25) is 0 Å². The molecule has 0 aromatic carbocycles. The topological polar surface area (TPSA) is 54.9 Å². The molecule has 82 valence electrons. The van der Waals surface area contributed by atoms with Crippen molar-refractivity contribution in [1.82, 2.24) is 15.3 Å². The molecule has 0 saturated carbocycles. The molecular formula is C11H11N3OS. The fourth-order valence-corrected chi connectivity index (χ4v) is 1.91. The van der Waals surface area contributed by atoms with Crippen LogP contribution in [0, 0.1) is 0 Å². The van der Waals surface area contributed by atoms with Gasteiger partial charge in [-0.1, -0.05) is 0 Å². The zero-order valence-electron chi connectivity index (χ0n) is 8.59. The smallest absolute Gasteiger partial charge is 0.252 e. The number of hydrogen-bond donors (Lipinski definition) is 1. The van der Waals surface area contributed by atoms with Crippen LogP contribution in [0.3, 0.4) is 0 Å². The summed E-state index contributed by atoms with van der Waals surface area (Å²) in [6, 6.07) is 1.81. The van der Waals surface area contributed by atoms with Gasteiger partial charge in [-0.3, -0.25) is 4.79 Å². The molecular weight excluding hydrogens is 222 g/mol. The van der Waals surface area contributed by atoms with Crippen LogP contribution in [0.2, 0.25) is 0 Å². The second-order valence-corrected chi connectivity index (χ2v) is 4.04. The van der Waals surface area contributed by atoms with E-state index < -0.39 is 0 Å². The van der Waals surface area contributed by atoms with Crippen molar-refractivity contribution in [3.8, 4) is 0 Å². The fraction of sp³-hybridized carbons (Fsp3) is 0.182. The molecule has 1 N–H and O–H groups in total. The van der Waals surface area contributed by atoms with Gasteiger partial charge in [0.25, 0.3) is 5.91 Å². The Morgan fingerprint density at radius 2 is 2.19 bits per heavy atom. The normalized spacial score (nSPS) is 10.0. The van der Waals surface area contributed by atoms with Gasteiger partial charge in [0.1, 0.15) is 6.33 Å². The van der Waals surface area contributed by atoms with Gasteiger partial charge < -0.3 is 5.32 Å². The van der Waals surface area contributed by atoms with Gasteiger partial charge in [-0.25, -0.2) is 9.97 Å². The quantitative estimate of drug-likeness (QED) is 0.871. The first-order valence-electron chi connectivity index (χ1n) is 4.90. The molecule has 0 atom stereocenters. The molecule has 0 radical (unpaired) electrons. The summed E-state index contributed by atoms with van der Waals surface area (Å²) in [5, 5.41) is 6.57. The third kappa shape index (κ3) is 2.87. The van der Waals surface area contributed by atoms with E-state index in [-0.39, 0.29) is 5.91 Å². The SMILES string of the molecule is O=C(NCCc1cncnc1)c1ccsc1. The lowest BCUT2D eigenvalue weighted by molar-refractivity contribution is 0.0954. The lowest BCUT2D eigenvalue weighted by atomic mass is 10.2. The maximum absolute atomic E-state index is 11.6. The van der Waals surface area contributed by atoms with E-state index in [9.17, 15) is 4.79 Å². The van der Waals surface area contributed by atoms with Crippen LogP contribution in [0.5, 0.6) is 0 Å². The molecule has 0 aliphatic rings. The number of carbonyl (C=O) groups excluding carboxylic acids is 1. The van der Waals surface area contributed by atoms with Crippen LogP contribution in [0.1, 0.15) is 15.9 Å². The Hall–Kier alpha value is -1.75. The molecule has 4 nitrogen and oxygen atoms in total. The van der Waals surface area contributed by atoms with Crippen molar-refractivity contribution in [2.24, 2.45) is 0 Å². The fourth-order valence-electron chi connectivity index (χ4n) is 1.28. The van der Waals surface area contributed by atoms with E-state index in [1.807, 2.05) is 16.8 Å². The van der Waals surface area contributed by atoms with Crippen LogP contribution in [0.4, 0.5) is 0 Å². The van der Waals surface area contributed by atoms with Crippen LogP contribution in [-0.4, -0.2) is 22.4 Å². The number of rotatable bonds is 4. The van der Waals surface area contributed by atoms with Crippen molar-refractivity contribution in [1.29, 1.82) is 0 Å². The van der Waals surface area contributed by atoms with Gasteiger partial charge in [0, 0.05) is 29.9 Å². The first kappa shape index (κ1) is 10.8. The van der Waals surface area contributed by atoms with Crippen LogP contribution < -0.4 is 5.32 Å². The molecule has 2 aromatic rings. The third-order valence-electron chi connectivity index (χ3n) is 2.10. The Bertz CT molecular complexity index is 442. The standard InChI is InChI=1S/C11H11N3OS/c15-11(10-2-4-16-7-10)14-3-1-9-5-12-8-13-6-9/h2,4-8H,1,3H2,(H,14,15). The van der Waals surface area contributed by atoms with E-state index in [1.165, 1.54) is 17.7 Å². The highest BCUT2D eigenvalue weighted by Gasteiger charge is 2.04. The molecule has 0 saturated heterocycles. The van der Waals surface area contributed by atoms with Gasteiger partial charge in [0.15, 0.2) is 0 Å². The van der Waals surface area contributed by atoms with Crippen LogP contribution in [0.15, 0.2) is 35.5 Å². The Balaban J connectivity index is 1.79. The summed E-state index contributed by atoms with van der Waals surface area (Å²) >= 11 is 1.52. The van der Waals surface area contributed by atoms with Gasteiger partial charge in [-0.15, -0.1) is 0 Å². The van der Waals surface area contributed by atoms with Crippen LogP contribution >= 0.6 is 11.3 Å². The summed E-state index contributed by atoms with van der Waals surface area (Å²) in [4.78, 5) is 19.4. The minimum Gasteiger partial charge on any atom is -0.352 e. The Morgan fingerprint density at radius 3 is 2.88 bits per heavy atom. The summed E-state index contributed by atoms with van der Waals surface area (Å²) in [6.45, 7) is 0.599. The number of hydrogen-bond acceptors (Lipinski definition) is 4. The highest BCUT2D eigenvalue weighted by Crippen LogP contribution is 2.05. The zero-order chi connectivity index (χ0) is 11.2. The van der Waals surface area contributed by atoms with Gasteiger partial charge in [-0.2, -0.15) is 11.3 Å². The first-order chi connectivity index (χ1) is 7.86. The summed E-state index contributed by atoms with van der Waals surface area (Å²) in [5.41, 5.74) is 1.74. The van der Waals surface area contributed by atoms with Gasteiger partial charge >= 0.3 is 0 Å². The molecule has 0 spiro atoms. The number of nitrogens with one attached hydrogen (secondary N) is 1. The van der Waals surface area contributed by atoms with Crippen LogP contribution in [-0.2, 0) is 6.42 Å². The number of aromatic nitrogens is 2. The highest BCUT2D eigenvalue weighted by atomic mass is 32.1. The molecule has 0 aliphatic carbocycles. The van der Waals surface area contributed by atoms with Crippen molar-refractivity contribution in [3.63, 3.8) is 0 Å². The lowest BCUT2D eigenvalue weighted by Gasteiger charge is -2.02. The molecule has 1 amide bonds. The highest BCUT2D eigenvalue weighted by molar-refractivity contribution is 7.08. The number of thiophene rings is 1. The second kappa shape index (κ2) is 5.37. The van der Waals surface area contributed by atoms with Crippen molar-refractivity contribution >= 4 is 17.2 Å². The van der Waals surface area contributed by atoms with E-state index in [4.69, 9.17) is 0 Å². The van der Waals surface area contributed by atoms with Crippen molar-refractivity contribution in [2.45, 2.75) is 6.42 Å². The Labute approximate surface area is 97.4 Å². The zero-order valence-corrected chi connectivity index (χ0v) is 9.41. The largest absolute Gasteiger partial charge is 0.352 e. The van der Waals surface area contributed by atoms with Gasteiger partial charge in [0.05, 0.1) is 0 Å². The summed E-state index contributed by atoms with van der Waals surface area (Å²) in [7, 11) is 0.